The zero-order chi connectivity index (χ0) is 13.7. The number of nitrogens with zero attached hydrogens (tertiary/aromatic N) is 2. The molecule has 1 aliphatic rings. The van der Waals surface area contributed by atoms with Crippen LogP contribution >= 0.6 is 0 Å². The Kier molecular flexibility index (Phi) is 4.13. The Balaban J connectivity index is 2.01. The lowest BCUT2D eigenvalue weighted by Crippen LogP contribution is -2.43. The van der Waals surface area contributed by atoms with Crippen LogP contribution in [0, 0.1) is 23.7 Å². The van der Waals surface area contributed by atoms with Gasteiger partial charge in [0.25, 0.3) is 0 Å². The molecule has 0 unspecified atom stereocenters. The molecule has 0 aromatic carbocycles. The first kappa shape index (κ1) is 13.5. The van der Waals surface area contributed by atoms with Crippen molar-refractivity contribution < 1.29 is 9.53 Å². The highest BCUT2D eigenvalue weighted by atomic mass is 16.5. The van der Waals surface area contributed by atoms with Crippen LogP contribution in [0.2, 0.25) is 0 Å². The van der Waals surface area contributed by atoms with E-state index in [1.54, 1.807) is 12.4 Å². The largest absolute Gasteiger partial charge is 0.381 e. The lowest BCUT2D eigenvalue weighted by molar-refractivity contribution is -0.132. The standard InChI is InChI=1S/C14H17N3O2/c1-11-2-5-16-8-12(11)9-17-13(18)14(10-15)3-6-19-7-4-14/h2,5,8H,3-4,6-7,9H2,1H3,(H,17,18). The number of pyridine rings is 1. The molecule has 100 valence electrons. The van der Waals surface area contributed by atoms with Gasteiger partial charge in [0.1, 0.15) is 5.41 Å². The van der Waals surface area contributed by atoms with Gasteiger partial charge in [0.2, 0.25) is 5.91 Å². The summed E-state index contributed by atoms with van der Waals surface area (Å²) in [4.78, 5) is 16.3. The number of carbonyl (C=O) groups is 1. The minimum atomic E-state index is -0.936. The van der Waals surface area contributed by atoms with E-state index in [2.05, 4.69) is 16.4 Å². The van der Waals surface area contributed by atoms with Gasteiger partial charge >= 0.3 is 0 Å². The summed E-state index contributed by atoms with van der Waals surface area (Å²) in [5, 5.41) is 12.1. The van der Waals surface area contributed by atoms with Gasteiger partial charge in [0.05, 0.1) is 6.07 Å². The predicted octanol–water partition coefficient (Wildman–Crippen LogP) is 1.33. The van der Waals surface area contributed by atoms with Crippen molar-refractivity contribution in [2.75, 3.05) is 13.2 Å². The highest BCUT2D eigenvalue weighted by molar-refractivity contribution is 5.85. The number of carbonyl (C=O) groups excluding carboxylic acids is 1. The predicted molar refractivity (Wildman–Crippen MR) is 68.9 cm³/mol. The molecule has 1 fully saturated rings. The van der Waals surface area contributed by atoms with E-state index in [1.165, 1.54) is 0 Å². The number of amides is 1. The smallest absolute Gasteiger partial charge is 0.240 e. The van der Waals surface area contributed by atoms with Crippen LogP contribution in [0.25, 0.3) is 0 Å². The summed E-state index contributed by atoms with van der Waals surface area (Å²) in [5.74, 6) is -0.207. The SMILES string of the molecule is Cc1ccncc1CNC(=O)C1(C#N)CCOCC1. The van der Waals surface area contributed by atoms with E-state index in [0.29, 0.717) is 32.6 Å². The monoisotopic (exact) mass is 259 g/mol. The highest BCUT2D eigenvalue weighted by Gasteiger charge is 2.40. The number of nitriles is 1. The van der Waals surface area contributed by atoms with Gasteiger partial charge in [-0.1, -0.05) is 0 Å². The highest BCUT2D eigenvalue weighted by Crippen LogP contribution is 2.29. The Morgan fingerprint density at radius 1 is 1.58 bits per heavy atom. The molecule has 1 N–H and O–H groups in total. The Morgan fingerprint density at radius 3 is 2.95 bits per heavy atom. The molecular weight excluding hydrogens is 242 g/mol. The lowest BCUT2D eigenvalue weighted by atomic mass is 9.81. The van der Waals surface area contributed by atoms with E-state index in [-0.39, 0.29) is 5.91 Å². The van der Waals surface area contributed by atoms with Crippen LogP contribution in [0.3, 0.4) is 0 Å². The maximum Gasteiger partial charge on any atom is 0.240 e. The molecule has 1 aromatic rings. The molecule has 1 amide bonds. The molecule has 0 bridgehead atoms. The second-order valence-corrected chi connectivity index (χ2v) is 4.79. The summed E-state index contributed by atoms with van der Waals surface area (Å²) in [6.45, 7) is 3.31. The second-order valence-electron chi connectivity index (χ2n) is 4.79. The van der Waals surface area contributed by atoms with E-state index >= 15 is 0 Å². The number of nitrogens with one attached hydrogen (secondary N) is 1. The van der Waals surface area contributed by atoms with Crippen molar-refractivity contribution in [3.8, 4) is 6.07 Å². The first-order chi connectivity index (χ1) is 9.18. The van der Waals surface area contributed by atoms with Crippen LogP contribution in [0.4, 0.5) is 0 Å². The molecule has 2 rings (SSSR count). The maximum absolute atomic E-state index is 12.2. The van der Waals surface area contributed by atoms with Crippen LogP contribution in [-0.4, -0.2) is 24.1 Å². The van der Waals surface area contributed by atoms with E-state index in [4.69, 9.17) is 4.74 Å². The van der Waals surface area contributed by atoms with Crippen molar-refractivity contribution >= 4 is 5.91 Å². The number of aryl methyl sites for hydroxylation is 1. The number of hydrogen-bond acceptors (Lipinski definition) is 4. The number of aromatic nitrogens is 1. The molecule has 19 heavy (non-hydrogen) atoms. The van der Waals surface area contributed by atoms with Gasteiger partial charge in [-0.25, -0.2) is 0 Å². The molecule has 1 aliphatic heterocycles. The van der Waals surface area contributed by atoms with Gasteiger partial charge in [0.15, 0.2) is 0 Å². The van der Waals surface area contributed by atoms with Gasteiger partial charge in [-0.15, -0.1) is 0 Å². The van der Waals surface area contributed by atoms with Crippen molar-refractivity contribution in [1.29, 1.82) is 5.26 Å². The van der Waals surface area contributed by atoms with Crippen molar-refractivity contribution in [3.63, 3.8) is 0 Å². The Labute approximate surface area is 112 Å². The van der Waals surface area contributed by atoms with E-state index in [1.807, 2.05) is 13.0 Å². The van der Waals surface area contributed by atoms with E-state index in [0.717, 1.165) is 11.1 Å². The molecule has 2 heterocycles. The first-order valence-electron chi connectivity index (χ1n) is 6.35. The average Bonchev–Trinajstić information content (AvgIpc) is 2.46. The summed E-state index contributed by atoms with van der Waals surface area (Å²) in [6, 6.07) is 4.06. The summed E-state index contributed by atoms with van der Waals surface area (Å²) < 4.78 is 5.22. The Hall–Kier alpha value is -1.93. The summed E-state index contributed by atoms with van der Waals surface area (Å²) in [7, 11) is 0. The number of ether oxygens (including phenoxy) is 1. The third-order valence-electron chi connectivity index (χ3n) is 3.58. The third kappa shape index (κ3) is 2.91. The fourth-order valence-corrected chi connectivity index (χ4v) is 2.14. The van der Waals surface area contributed by atoms with Gasteiger partial charge in [-0.2, -0.15) is 5.26 Å². The molecule has 1 saturated heterocycles. The van der Waals surface area contributed by atoms with Crippen LogP contribution < -0.4 is 5.32 Å². The fourth-order valence-electron chi connectivity index (χ4n) is 2.14. The quantitative estimate of drug-likeness (QED) is 0.888. The summed E-state index contributed by atoms with van der Waals surface area (Å²) in [5.41, 5.74) is 1.11. The van der Waals surface area contributed by atoms with Crippen molar-refractivity contribution in [3.05, 3.63) is 29.6 Å². The zero-order valence-corrected chi connectivity index (χ0v) is 11.0. The van der Waals surface area contributed by atoms with Crippen molar-refractivity contribution in [2.24, 2.45) is 5.41 Å². The maximum atomic E-state index is 12.2. The third-order valence-corrected chi connectivity index (χ3v) is 3.58. The lowest BCUT2D eigenvalue weighted by Gasteiger charge is -2.29. The van der Waals surface area contributed by atoms with E-state index in [9.17, 15) is 10.1 Å². The molecular formula is C14H17N3O2. The van der Waals surface area contributed by atoms with Gasteiger partial charge in [-0.3, -0.25) is 9.78 Å². The van der Waals surface area contributed by atoms with Crippen LogP contribution in [0.1, 0.15) is 24.0 Å². The number of hydrogen-bond donors (Lipinski definition) is 1. The zero-order valence-electron chi connectivity index (χ0n) is 11.0. The molecule has 0 radical (unpaired) electrons. The van der Waals surface area contributed by atoms with Crippen LogP contribution in [0.5, 0.6) is 0 Å². The van der Waals surface area contributed by atoms with Crippen molar-refractivity contribution in [2.45, 2.75) is 26.3 Å². The molecule has 0 aliphatic carbocycles. The molecule has 5 heteroatoms. The fraction of sp³-hybridized carbons (Fsp3) is 0.500. The van der Waals surface area contributed by atoms with Gasteiger partial charge < -0.3 is 10.1 Å². The Bertz CT molecular complexity index is 502. The molecule has 1 aromatic heterocycles. The summed E-state index contributed by atoms with van der Waals surface area (Å²) in [6.07, 6.45) is 4.37. The molecule has 0 spiro atoms. The summed E-state index contributed by atoms with van der Waals surface area (Å²) >= 11 is 0. The van der Waals surface area contributed by atoms with Gasteiger partial charge in [0, 0.05) is 32.2 Å². The van der Waals surface area contributed by atoms with Crippen LogP contribution in [0.15, 0.2) is 18.5 Å². The molecule has 5 nitrogen and oxygen atoms in total. The van der Waals surface area contributed by atoms with E-state index < -0.39 is 5.41 Å². The minimum Gasteiger partial charge on any atom is -0.381 e. The molecule has 0 saturated carbocycles. The van der Waals surface area contributed by atoms with Crippen LogP contribution in [-0.2, 0) is 16.1 Å². The molecule has 0 atom stereocenters. The van der Waals surface area contributed by atoms with Crippen molar-refractivity contribution in [1.82, 2.24) is 10.3 Å². The Morgan fingerprint density at radius 2 is 2.32 bits per heavy atom. The topological polar surface area (TPSA) is 75.0 Å². The van der Waals surface area contributed by atoms with Gasteiger partial charge in [-0.05, 0) is 37.0 Å². The number of rotatable bonds is 3. The normalized spacial score (nSPS) is 17.5. The minimum absolute atomic E-state index is 0.207. The average molecular weight is 259 g/mol. The second kappa shape index (κ2) is 5.81. The first-order valence-corrected chi connectivity index (χ1v) is 6.35.